The zero-order chi connectivity index (χ0) is 27.8. The maximum Gasteiger partial charge on any atom is 0.242 e. The molecule has 7 nitrogen and oxygen atoms in total. The highest BCUT2D eigenvalue weighted by Gasteiger charge is 2.29. The van der Waals surface area contributed by atoms with Gasteiger partial charge in [0.25, 0.3) is 0 Å². The van der Waals surface area contributed by atoms with E-state index in [2.05, 4.69) is 5.32 Å². The normalized spacial score (nSPS) is 12.3. The largest absolute Gasteiger partial charge is 0.354 e. The summed E-state index contributed by atoms with van der Waals surface area (Å²) < 4.78 is 52.7. The van der Waals surface area contributed by atoms with Gasteiger partial charge < -0.3 is 10.2 Å². The van der Waals surface area contributed by atoms with Crippen LogP contribution < -0.4 is 9.62 Å². The number of amides is 2. The molecule has 0 saturated heterocycles. The molecule has 1 N–H and O–H groups in total. The zero-order valence-electron chi connectivity index (χ0n) is 22.1. The number of hydrogen-bond donors (Lipinski definition) is 1. The van der Waals surface area contributed by atoms with Crippen LogP contribution in [0.2, 0.25) is 0 Å². The molecule has 0 bridgehead atoms. The van der Waals surface area contributed by atoms with Crippen molar-refractivity contribution >= 4 is 27.5 Å². The van der Waals surface area contributed by atoms with Crippen molar-refractivity contribution in [1.82, 2.24) is 10.2 Å². The highest BCUT2D eigenvalue weighted by Crippen LogP contribution is 2.22. The monoisotopic (exact) mass is 537 g/mol. The topological polar surface area (TPSA) is 86.8 Å². The van der Waals surface area contributed by atoms with Gasteiger partial charge in [-0.25, -0.2) is 17.2 Å². The summed E-state index contributed by atoms with van der Waals surface area (Å²) in [5.74, 6) is -2.53. The van der Waals surface area contributed by atoms with Crippen LogP contribution in [0.4, 0.5) is 14.5 Å². The standard InChI is InChI=1S/C27H37F2N3O4S/c1-6-25(27(34)30-17-19(2)3)31(18-21-10-7-9-20(4)15-21)26(33)11-8-14-32(37(5,35)36)22-12-13-23(28)24(29)16-22/h7,9-10,12-13,15-16,19,25H,6,8,11,14,17-18H2,1-5H3,(H,30,34). The molecule has 0 fully saturated rings. The molecule has 0 aliphatic heterocycles. The van der Waals surface area contributed by atoms with E-state index in [0.29, 0.717) is 13.0 Å². The third-order valence-electron chi connectivity index (χ3n) is 5.85. The molecule has 0 heterocycles. The Hall–Kier alpha value is -3.01. The first-order valence-electron chi connectivity index (χ1n) is 12.4. The Kier molecular flexibility index (Phi) is 11.0. The van der Waals surface area contributed by atoms with Crippen LogP contribution in [0.25, 0.3) is 0 Å². The minimum atomic E-state index is -3.81. The number of sulfonamides is 1. The predicted octanol–water partition coefficient (Wildman–Crippen LogP) is 4.40. The Bertz CT molecular complexity index is 1190. The Labute approximate surface area is 218 Å². The molecule has 2 aromatic carbocycles. The number of benzene rings is 2. The molecular formula is C27H37F2N3O4S. The average Bonchev–Trinajstić information content (AvgIpc) is 2.81. The number of nitrogens with one attached hydrogen (secondary N) is 1. The van der Waals surface area contributed by atoms with E-state index in [1.54, 1.807) is 0 Å². The quantitative estimate of drug-likeness (QED) is 0.410. The summed E-state index contributed by atoms with van der Waals surface area (Å²) in [5.41, 5.74) is 1.88. The number of hydrogen-bond acceptors (Lipinski definition) is 4. The lowest BCUT2D eigenvalue weighted by molar-refractivity contribution is -0.141. The van der Waals surface area contributed by atoms with Gasteiger partial charge in [-0.15, -0.1) is 0 Å². The molecule has 37 heavy (non-hydrogen) atoms. The van der Waals surface area contributed by atoms with Gasteiger partial charge in [0.05, 0.1) is 11.9 Å². The van der Waals surface area contributed by atoms with Gasteiger partial charge in [-0.05, 0) is 43.4 Å². The van der Waals surface area contributed by atoms with Gasteiger partial charge >= 0.3 is 0 Å². The first-order chi connectivity index (χ1) is 17.3. The molecule has 204 valence electrons. The van der Waals surface area contributed by atoms with E-state index < -0.39 is 27.7 Å². The van der Waals surface area contributed by atoms with Crippen LogP contribution in [0.3, 0.4) is 0 Å². The van der Waals surface area contributed by atoms with Crippen molar-refractivity contribution < 1.29 is 26.8 Å². The zero-order valence-corrected chi connectivity index (χ0v) is 22.9. The van der Waals surface area contributed by atoms with Crippen LogP contribution in [-0.4, -0.2) is 50.5 Å². The summed E-state index contributed by atoms with van der Waals surface area (Å²) in [6.07, 6.45) is 1.47. The second-order valence-corrected chi connectivity index (χ2v) is 11.5. The summed E-state index contributed by atoms with van der Waals surface area (Å²) in [4.78, 5) is 27.9. The van der Waals surface area contributed by atoms with E-state index >= 15 is 0 Å². The number of rotatable bonds is 13. The van der Waals surface area contributed by atoms with E-state index in [0.717, 1.165) is 33.8 Å². The average molecular weight is 538 g/mol. The molecule has 2 rings (SSSR count). The number of carbonyl (C=O) groups excluding carboxylic acids is 2. The predicted molar refractivity (Wildman–Crippen MR) is 141 cm³/mol. The summed E-state index contributed by atoms with van der Waals surface area (Å²) in [6.45, 7) is 8.36. The van der Waals surface area contributed by atoms with E-state index in [1.165, 1.54) is 11.0 Å². The van der Waals surface area contributed by atoms with Crippen molar-refractivity contribution in [3.63, 3.8) is 0 Å². The van der Waals surface area contributed by atoms with E-state index in [1.807, 2.05) is 52.0 Å². The van der Waals surface area contributed by atoms with Gasteiger partial charge in [-0.3, -0.25) is 13.9 Å². The van der Waals surface area contributed by atoms with Gasteiger partial charge in [0.1, 0.15) is 6.04 Å². The van der Waals surface area contributed by atoms with Gasteiger partial charge in [0.2, 0.25) is 21.8 Å². The fourth-order valence-electron chi connectivity index (χ4n) is 3.99. The Morgan fingerprint density at radius 2 is 1.76 bits per heavy atom. The van der Waals surface area contributed by atoms with E-state index in [4.69, 9.17) is 0 Å². The molecular weight excluding hydrogens is 500 g/mol. The van der Waals surface area contributed by atoms with E-state index in [-0.39, 0.29) is 49.4 Å². The first-order valence-corrected chi connectivity index (χ1v) is 14.2. The lowest BCUT2D eigenvalue weighted by Crippen LogP contribution is -2.49. The first kappa shape index (κ1) is 30.2. The van der Waals surface area contributed by atoms with Gasteiger partial charge in [-0.2, -0.15) is 0 Å². The smallest absolute Gasteiger partial charge is 0.242 e. The van der Waals surface area contributed by atoms with Crippen LogP contribution >= 0.6 is 0 Å². The molecule has 2 aromatic rings. The number of nitrogens with zero attached hydrogens (tertiary/aromatic N) is 2. The van der Waals surface area contributed by atoms with Crippen molar-refractivity contribution in [1.29, 1.82) is 0 Å². The van der Waals surface area contributed by atoms with Crippen LogP contribution in [0, 0.1) is 24.5 Å². The fraction of sp³-hybridized carbons (Fsp3) is 0.481. The molecule has 0 saturated carbocycles. The summed E-state index contributed by atoms with van der Waals surface area (Å²) in [7, 11) is -3.81. The lowest BCUT2D eigenvalue weighted by atomic mass is 10.1. The van der Waals surface area contributed by atoms with Crippen LogP contribution in [-0.2, 0) is 26.2 Å². The van der Waals surface area contributed by atoms with Gasteiger partial charge in [0.15, 0.2) is 11.6 Å². The van der Waals surface area contributed by atoms with Crippen molar-refractivity contribution in [2.45, 2.75) is 59.5 Å². The van der Waals surface area contributed by atoms with Crippen LogP contribution in [0.5, 0.6) is 0 Å². The maximum atomic E-state index is 13.7. The summed E-state index contributed by atoms with van der Waals surface area (Å²) >= 11 is 0. The van der Waals surface area contributed by atoms with Crippen molar-refractivity contribution in [2.24, 2.45) is 5.92 Å². The number of anilines is 1. The Balaban J connectivity index is 2.23. The second-order valence-electron chi connectivity index (χ2n) is 9.61. The second kappa shape index (κ2) is 13.5. The minimum absolute atomic E-state index is 0.0232. The number of halogens is 2. The van der Waals surface area contributed by atoms with Crippen LogP contribution in [0.15, 0.2) is 42.5 Å². The van der Waals surface area contributed by atoms with Crippen LogP contribution in [0.1, 0.15) is 51.2 Å². The maximum absolute atomic E-state index is 13.7. The van der Waals surface area contributed by atoms with Crippen molar-refractivity contribution in [3.8, 4) is 0 Å². The SMILES string of the molecule is CCC(C(=O)NCC(C)C)N(Cc1cccc(C)c1)C(=O)CCCN(c1ccc(F)c(F)c1)S(C)(=O)=O. The summed E-state index contributed by atoms with van der Waals surface area (Å²) in [6, 6.07) is 9.84. The Morgan fingerprint density at radius 3 is 2.32 bits per heavy atom. The van der Waals surface area contributed by atoms with E-state index in [9.17, 15) is 26.8 Å². The lowest BCUT2D eigenvalue weighted by Gasteiger charge is -2.31. The third-order valence-corrected chi connectivity index (χ3v) is 7.04. The number of carbonyl (C=O) groups is 2. The van der Waals surface area contributed by atoms with Crippen molar-refractivity contribution in [3.05, 3.63) is 65.2 Å². The third kappa shape index (κ3) is 9.10. The number of aryl methyl sites for hydroxylation is 1. The molecule has 1 atom stereocenters. The molecule has 0 aliphatic carbocycles. The van der Waals surface area contributed by atoms with Gasteiger partial charge in [-0.1, -0.05) is 50.6 Å². The summed E-state index contributed by atoms with van der Waals surface area (Å²) in [5, 5.41) is 2.90. The molecule has 2 amide bonds. The van der Waals surface area contributed by atoms with Gasteiger partial charge in [0, 0.05) is 32.1 Å². The molecule has 0 aromatic heterocycles. The Morgan fingerprint density at radius 1 is 1.05 bits per heavy atom. The molecule has 0 aliphatic rings. The molecule has 0 spiro atoms. The fourth-order valence-corrected chi connectivity index (χ4v) is 4.95. The highest BCUT2D eigenvalue weighted by atomic mass is 32.2. The molecule has 10 heteroatoms. The minimum Gasteiger partial charge on any atom is -0.354 e. The highest BCUT2D eigenvalue weighted by molar-refractivity contribution is 7.92. The molecule has 1 unspecified atom stereocenters. The van der Waals surface area contributed by atoms with Crippen molar-refractivity contribution in [2.75, 3.05) is 23.7 Å². The molecule has 0 radical (unpaired) electrons.